The third-order valence-electron chi connectivity index (χ3n) is 6.81. The summed E-state index contributed by atoms with van der Waals surface area (Å²) in [6.07, 6.45) is 8.08. The normalized spacial score (nSPS) is 15.5. The average Bonchev–Trinajstić information content (AvgIpc) is 3.18. The summed E-state index contributed by atoms with van der Waals surface area (Å²) in [5, 5.41) is 9.58. The number of alkyl halides is 2. The number of fused-ring (bicyclic) bond motifs is 1. The molecule has 1 atom stereocenters. The molecule has 200 valence electrons. The monoisotopic (exact) mass is 524 g/mol. The first-order valence-corrected chi connectivity index (χ1v) is 12.1. The first-order valence-electron chi connectivity index (χ1n) is 12.1. The summed E-state index contributed by atoms with van der Waals surface area (Å²) >= 11 is 0. The maximum Gasteiger partial charge on any atom is 0.387 e. The summed E-state index contributed by atoms with van der Waals surface area (Å²) in [5.74, 6) is -0.317. The van der Waals surface area contributed by atoms with E-state index < -0.39 is 18.6 Å². The van der Waals surface area contributed by atoms with Gasteiger partial charge in [-0.3, -0.25) is 0 Å². The lowest BCUT2D eigenvalue weighted by molar-refractivity contribution is -0.139. The number of nitrogens with zero attached hydrogens (tertiary/aromatic N) is 5. The van der Waals surface area contributed by atoms with Crippen molar-refractivity contribution in [2.75, 3.05) is 11.4 Å². The van der Waals surface area contributed by atoms with E-state index in [1.807, 2.05) is 30.5 Å². The Kier molecular flexibility index (Phi) is 7.86. The third kappa shape index (κ3) is 5.28. The molecule has 4 heterocycles. The lowest BCUT2D eigenvalue weighted by Crippen LogP contribution is -2.45. The number of aryl methyl sites for hydroxylation is 2. The Hall–Kier alpha value is -4.12. The molecule has 0 aliphatic carbocycles. The second-order valence-electron chi connectivity index (χ2n) is 9.22. The Morgan fingerprint density at radius 1 is 1.18 bits per heavy atom. The third-order valence-corrected chi connectivity index (χ3v) is 6.81. The number of carboxylic acids is 1. The van der Waals surface area contributed by atoms with Crippen molar-refractivity contribution in [3.63, 3.8) is 0 Å². The molecule has 0 bridgehead atoms. The number of hydrogen-bond acceptors (Lipinski definition) is 7. The van der Waals surface area contributed by atoms with E-state index in [9.17, 15) is 18.7 Å². The highest BCUT2D eigenvalue weighted by molar-refractivity contribution is 5.77. The molecule has 4 N–H and O–H groups in total. The number of halogens is 2. The van der Waals surface area contributed by atoms with Gasteiger partial charge in [0.25, 0.3) is 0 Å². The molecule has 38 heavy (non-hydrogen) atoms. The van der Waals surface area contributed by atoms with Crippen molar-refractivity contribution in [1.82, 2.24) is 25.5 Å². The van der Waals surface area contributed by atoms with Gasteiger partial charge in [0.1, 0.15) is 17.4 Å². The molecule has 1 fully saturated rings. The van der Waals surface area contributed by atoms with Crippen molar-refractivity contribution in [3.05, 3.63) is 71.4 Å². The second-order valence-corrected chi connectivity index (χ2v) is 9.22. The molecule has 9 nitrogen and oxygen atoms in total. The van der Waals surface area contributed by atoms with E-state index in [-0.39, 0.29) is 11.9 Å². The van der Waals surface area contributed by atoms with Gasteiger partial charge in [0.2, 0.25) is 5.95 Å². The number of carbonyl (C=O) groups is 1. The largest absolute Gasteiger partial charge is 0.480 e. The SMILES string of the molecule is Cc1cc2nc(C)c(Cc3ccccc3OC(F)F)n2cc1-c1cnc(N2CCCC[C@@H]2C(=O)O)nc1.N. The van der Waals surface area contributed by atoms with Crippen LogP contribution in [0, 0.1) is 13.8 Å². The molecule has 1 saturated heterocycles. The number of pyridine rings is 1. The predicted octanol–water partition coefficient (Wildman–Crippen LogP) is 5.21. The molecule has 1 aliphatic rings. The highest BCUT2D eigenvalue weighted by Crippen LogP contribution is 2.30. The number of imidazole rings is 1. The van der Waals surface area contributed by atoms with Crippen molar-refractivity contribution < 1.29 is 23.4 Å². The van der Waals surface area contributed by atoms with Crippen LogP contribution in [0.15, 0.2) is 48.9 Å². The number of aromatic nitrogens is 4. The zero-order valence-corrected chi connectivity index (χ0v) is 21.3. The molecular weight excluding hydrogens is 494 g/mol. The maximum atomic E-state index is 12.9. The highest BCUT2D eigenvalue weighted by atomic mass is 19.3. The van der Waals surface area contributed by atoms with E-state index in [1.165, 1.54) is 6.07 Å². The molecule has 3 aromatic heterocycles. The minimum absolute atomic E-state index is 0. The van der Waals surface area contributed by atoms with Crippen LogP contribution >= 0.6 is 0 Å². The number of piperidine rings is 1. The van der Waals surface area contributed by atoms with Crippen molar-refractivity contribution >= 4 is 17.6 Å². The Bertz CT molecular complexity index is 1440. The smallest absolute Gasteiger partial charge is 0.387 e. The molecule has 0 spiro atoms. The van der Waals surface area contributed by atoms with E-state index in [0.29, 0.717) is 30.9 Å². The zero-order chi connectivity index (χ0) is 26.1. The highest BCUT2D eigenvalue weighted by Gasteiger charge is 2.30. The summed E-state index contributed by atoms with van der Waals surface area (Å²) < 4.78 is 32.5. The standard InChI is InChI=1S/C27H27F2N5O3.H3N/c1-16-11-24-32-17(2)22(12-18-7-3-4-9-23(18)37-26(28)29)34(24)15-20(16)19-13-30-27(31-14-19)33-10-6-5-8-21(33)25(35)36;/h3-4,7,9,11,13-15,21,26H,5-6,8,10,12H2,1-2H3,(H,35,36);1H3/t21-;/m1./s1. The van der Waals surface area contributed by atoms with Gasteiger partial charge in [-0.1, -0.05) is 18.2 Å². The summed E-state index contributed by atoms with van der Waals surface area (Å²) in [7, 11) is 0. The lowest BCUT2D eigenvalue weighted by atomic mass is 10.0. The van der Waals surface area contributed by atoms with Crippen LogP contribution in [0.25, 0.3) is 16.8 Å². The number of aliphatic carboxylic acids is 1. The number of carboxylic acid groups (broad SMARTS) is 1. The predicted molar refractivity (Wildman–Crippen MR) is 139 cm³/mol. The Morgan fingerprint density at radius 3 is 2.63 bits per heavy atom. The van der Waals surface area contributed by atoms with Crippen LogP contribution < -0.4 is 15.8 Å². The molecule has 1 aliphatic heterocycles. The van der Waals surface area contributed by atoms with Gasteiger partial charge in [-0.2, -0.15) is 8.78 Å². The van der Waals surface area contributed by atoms with Gasteiger partial charge in [-0.15, -0.1) is 0 Å². The van der Waals surface area contributed by atoms with Crippen molar-refractivity contribution in [2.45, 2.75) is 52.2 Å². The van der Waals surface area contributed by atoms with Crippen LogP contribution in [0.4, 0.5) is 14.7 Å². The molecule has 1 aromatic carbocycles. The van der Waals surface area contributed by atoms with Crippen molar-refractivity contribution in [2.24, 2.45) is 0 Å². The number of rotatable bonds is 7. The fraction of sp³-hybridized carbons (Fsp3) is 0.333. The van der Waals surface area contributed by atoms with E-state index >= 15 is 0 Å². The molecule has 4 aromatic rings. The van der Waals surface area contributed by atoms with Gasteiger partial charge in [0, 0.05) is 53.9 Å². The molecule has 0 amide bonds. The van der Waals surface area contributed by atoms with E-state index in [4.69, 9.17) is 4.74 Å². The van der Waals surface area contributed by atoms with Gasteiger partial charge < -0.3 is 25.3 Å². The summed E-state index contributed by atoms with van der Waals surface area (Å²) in [5.41, 5.74) is 5.68. The van der Waals surface area contributed by atoms with Gasteiger partial charge in [0.15, 0.2) is 0 Å². The van der Waals surface area contributed by atoms with Gasteiger partial charge >= 0.3 is 12.6 Å². The quantitative estimate of drug-likeness (QED) is 0.337. The second kappa shape index (κ2) is 11.1. The minimum atomic E-state index is -2.91. The lowest BCUT2D eigenvalue weighted by Gasteiger charge is -2.32. The Balaban J connectivity index is 0.00000336. The van der Waals surface area contributed by atoms with Crippen LogP contribution in [-0.4, -0.2) is 49.6 Å². The van der Waals surface area contributed by atoms with Crippen molar-refractivity contribution in [1.29, 1.82) is 0 Å². The van der Waals surface area contributed by atoms with Crippen LogP contribution in [0.3, 0.4) is 0 Å². The topological polar surface area (TPSA) is 128 Å². The van der Waals surface area contributed by atoms with Crippen molar-refractivity contribution in [3.8, 4) is 16.9 Å². The van der Waals surface area contributed by atoms with E-state index in [1.54, 1.807) is 35.5 Å². The average molecular weight is 525 g/mol. The van der Waals surface area contributed by atoms with E-state index in [2.05, 4.69) is 15.0 Å². The number of para-hydroxylation sites is 1. The van der Waals surface area contributed by atoms with Crippen LogP contribution in [0.2, 0.25) is 0 Å². The van der Waals surface area contributed by atoms with Gasteiger partial charge in [-0.05, 0) is 50.8 Å². The van der Waals surface area contributed by atoms with E-state index in [0.717, 1.165) is 46.6 Å². The van der Waals surface area contributed by atoms with Crippen LogP contribution in [0.5, 0.6) is 5.75 Å². The van der Waals surface area contributed by atoms with Crippen LogP contribution in [-0.2, 0) is 11.2 Å². The van der Waals surface area contributed by atoms with Crippen LogP contribution in [0.1, 0.15) is 41.8 Å². The summed E-state index contributed by atoms with van der Waals surface area (Å²) in [4.78, 5) is 27.1. The summed E-state index contributed by atoms with van der Waals surface area (Å²) in [6.45, 7) is 1.57. The molecule has 0 unspecified atom stereocenters. The molecular formula is C27H30F2N6O3. The Morgan fingerprint density at radius 2 is 1.92 bits per heavy atom. The first-order chi connectivity index (χ1) is 17.8. The fourth-order valence-electron chi connectivity index (χ4n) is 4.94. The number of anilines is 1. The fourth-order valence-corrected chi connectivity index (χ4v) is 4.94. The molecule has 5 rings (SSSR count). The molecule has 0 saturated carbocycles. The number of benzene rings is 1. The summed E-state index contributed by atoms with van der Waals surface area (Å²) in [6, 6.07) is 8.10. The molecule has 11 heteroatoms. The number of ether oxygens (including phenoxy) is 1. The van der Waals surface area contributed by atoms with Gasteiger partial charge in [0.05, 0.1) is 5.69 Å². The number of hydrogen-bond donors (Lipinski definition) is 2. The zero-order valence-electron chi connectivity index (χ0n) is 21.3. The first kappa shape index (κ1) is 26.9. The molecule has 0 radical (unpaired) electrons. The Labute approximate surface area is 218 Å². The van der Waals surface area contributed by atoms with Gasteiger partial charge in [-0.25, -0.2) is 19.7 Å². The maximum absolute atomic E-state index is 12.9. The minimum Gasteiger partial charge on any atom is -0.480 e.